The second-order valence-corrected chi connectivity index (χ2v) is 16.8. The molecule has 0 atom stereocenters. The number of ether oxygens (including phenoxy) is 6. The molecule has 68 heavy (non-hydrogen) atoms. The molecule has 0 aliphatic heterocycles. The number of rotatable bonds is 16. The minimum Gasteiger partial charge on any atom is -0.507 e. The van der Waals surface area contributed by atoms with Gasteiger partial charge in [-0.1, -0.05) is 72.8 Å². The number of aromatic hydroxyl groups is 2. The first kappa shape index (κ1) is 45.6. The molecule has 2 heterocycles. The number of hydrogen-bond acceptors (Lipinski definition) is 12. The fourth-order valence-electron chi connectivity index (χ4n) is 8.72. The molecule has 348 valence electrons. The van der Waals surface area contributed by atoms with Gasteiger partial charge in [0.05, 0.1) is 26.4 Å². The van der Waals surface area contributed by atoms with E-state index >= 15 is 0 Å². The third-order valence-electron chi connectivity index (χ3n) is 12.1. The topological polar surface area (TPSA) is 156 Å². The number of hydrogen-bond donors (Lipinski definition) is 2. The molecule has 6 aromatic carbocycles. The van der Waals surface area contributed by atoms with Gasteiger partial charge in [-0.15, -0.1) is 0 Å². The van der Waals surface area contributed by atoms with E-state index in [0.29, 0.717) is 86.3 Å². The van der Waals surface area contributed by atoms with Crippen molar-refractivity contribution in [1.29, 1.82) is 0 Å². The van der Waals surface area contributed by atoms with Crippen LogP contribution in [0.15, 0.2) is 140 Å². The molecule has 0 unspecified atom stereocenters. The molecule has 0 spiro atoms. The fraction of sp³-hybridized carbons (Fsp3) is 0.250. The molecule has 0 saturated heterocycles. The van der Waals surface area contributed by atoms with E-state index in [1.807, 2.05) is 111 Å². The summed E-state index contributed by atoms with van der Waals surface area (Å²) < 4.78 is 47.3. The second-order valence-electron chi connectivity index (χ2n) is 16.8. The molecular formula is C56H52O12. The van der Waals surface area contributed by atoms with E-state index < -0.39 is 11.3 Å². The molecule has 0 radical (unpaired) electrons. The van der Waals surface area contributed by atoms with Crippen LogP contribution < -0.4 is 30.2 Å². The zero-order chi connectivity index (χ0) is 47.0. The van der Waals surface area contributed by atoms with Crippen molar-refractivity contribution in [3.63, 3.8) is 0 Å². The summed E-state index contributed by atoms with van der Waals surface area (Å²) in [5, 5.41) is 25.4. The number of fused-ring (bicyclic) bond motifs is 10. The lowest BCUT2D eigenvalue weighted by atomic mass is 9.91. The standard InChI is InChI=1S/C56H52O12/c1-35-27-51(57)67-49-33-45(15-17-47(35)49)63-23-19-61-21-25-65-55-41-11-5-12-42(55)30-38-8-4-10-40(54(38)60)32-44-14-6-13-43(31-39-9-3-7-37(29-41)53(39)59)56(44)66-26-22-62-20-24-64-46-16-18-48-36(2)28-52(58)68-50(48)34-46/h3-18,27-28,33-34,59-60H,19-26,29-32H2,1-2H3. The van der Waals surface area contributed by atoms with Crippen LogP contribution in [0.5, 0.6) is 34.5 Å². The van der Waals surface area contributed by atoms with Gasteiger partial charge in [0.15, 0.2) is 0 Å². The van der Waals surface area contributed by atoms with Gasteiger partial charge < -0.3 is 47.5 Å². The second kappa shape index (κ2) is 21.0. The van der Waals surface area contributed by atoms with Gasteiger partial charge in [-0.2, -0.15) is 0 Å². The number of phenolic OH excluding ortho intramolecular Hbond substituents is 2. The van der Waals surface area contributed by atoms with E-state index in [9.17, 15) is 19.8 Å². The number of aryl methyl sites for hydroxylation is 2. The minimum atomic E-state index is -0.403. The molecule has 12 nitrogen and oxygen atoms in total. The Morgan fingerprint density at radius 2 is 0.735 bits per heavy atom. The first-order valence-corrected chi connectivity index (χ1v) is 22.7. The molecule has 12 heteroatoms. The van der Waals surface area contributed by atoms with E-state index in [1.165, 1.54) is 12.1 Å². The lowest BCUT2D eigenvalue weighted by Crippen LogP contribution is -2.14. The summed E-state index contributed by atoms with van der Waals surface area (Å²) in [7, 11) is 0. The maximum absolute atomic E-state index is 11.9. The van der Waals surface area contributed by atoms with Crippen LogP contribution in [0.1, 0.15) is 55.6 Å². The minimum absolute atomic E-state index is 0.203. The van der Waals surface area contributed by atoms with Crippen LogP contribution in [0.25, 0.3) is 21.9 Å². The van der Waals surface area contributed by atoms with Gasteiger partial charge in [0, 0.05) is 60.7 Å². The number of phenols is 2. The summed E-state index contributed by atoms with van der Waals surface area (Å²) in [6, 6.07) is 37.4. The summed E-state index contributed by atoms with van der Waals surface area (Å²) in [5.74, 6) is 2.91. The molecule has 2 N–H and O–H groups in total. The largest absolute Gasteiger partial charge is 0.507 e. The number of benzene rings is 6. The normalized spacial score (nSPS) is 12.3. The van der Waals surface area contributed by atoms with Crippen LogP contribution in [-0.4, -0.2) is 63.1 Å². The van der Waals surface area contributed by atoms with Crippen molar-refractivity contribution in [2.24, 2.45) is 0 Å². The fourth-order valence-corrected chi connectivity index (χ4v) is 8.72. The van der Waals surface area contributed by atoms with Crippen molar-refractivity contribution >= 4 is 21.9 Å². The molecule has 8 aromatic rings. The highest BCUT2D eigenvalue weighted by Gasteiger charge is 2.20. The molecule has 1 aliphatic rings. The highest BCUT2D eigenvalue weighted by atomic mass is 16.6. The van der Waals surface area contributed by atoms with Crippen molar-refractivity contribution in [1.82, 2.24) is 0 Å². The highest BCUT2D eigenvalue weighted by molar-refractivity contribution is 5.82. The molecule has 9 rings (SSSR count). The maximum Gasteiger partial charge on any atom is 0.336 e. The first-order valence-electron chi connectivity index (χ1n) is 22.7. The van der Waals surface area contributed by atoms with E-state index in [0.717, 1.165) is 66.4 Å². The van der Waals surface area contributed by atoms with E-state index in [1.54, 1.807) is 12.1 Å². The third-order valence-corrected chi connectivity index (χ3v) is 12.1. The Balaban J connectivity index is 0.868. The Bertz CT molecular complexity index is 2900. The van der Waals surface area contributed by atoms with Crippen molar-refractivity contribution in [2.75, 3.05) is 52.9 Å². The molecule has 0 amide bonds. The first-order chi connectivity index (χ1) is 33.2. The van der Waals surface area contributed by atoms with Crippen LogP contribution >= 0.6 is 0 Å². The number of para-hydroxylation sites is 4. The third kappa shape index (κ3) is 10.7. The lowest BCUT2D eigenvalue weighted by molar-refractivity contribution is 0.0760. The van der Waals surface area contributed by atoms with Crippen LogP contribution in [0.3, 0.4) is 0 Å². The molecule has 0 fully saturated rings. The maximum atomic E-state index is 11.9. The van der Waals surface area contributed by atoms with Crippen molar-refractivity contribution in [3.8, 4) is 34.5 Å². The quantitative estimate of drug-likeness (QED) is 0.0700. The Kier molecular flexibility index (Phi) is 14.1. The molecule has 1 aliphatic carbocycles. The summed E-state index contributed by atoms with van der Waals surface area (Å²) in [6.07, 6.45) is 1.60. The van der Waals surface area contributed by atoms with Crippen molar-refractivity contribution in [3.05, 3.63) is 198 Å². The van der Waals surface area contributed by atoms with Gasteiger partial charge in [0.25, 0.3) is 0 Å². The summed E-state index contributed by atoms with van der Waals surface area (Å²) in [5.41, 5.74) is 8.35. The van der Waals surface area contributed by atoms with Gasteiger partial charge in [-0.3, -0.25) is 0 Å². The average Bonchev–Trinajstić information content (AvgIpc) is 3.31. The van der Waals surface area contributed by atoms with E-state index in [4.69, 9.17) is 37.3 Å². The average molecular weight is 917 g/mol. The van der Waals surface area contributed by atoms with Crippen molar-refractivity contribution < 1.29 is 47.5 Å². The Morgan fingerprint density at radius 1 is 0.412 bits per heavy atom. The zero-order valence-electron chi connectivity index (χ0n) is 38.0. The van der Waals surface area contributed by atoms with E-state index in [2.05, 4.69) is 0 Å². The summed E-state index contributed by atoms with van der Waals surface area (Å²) in [4.78, 5) is 23.7. The molecule has 8 bridgehead atoms. The Hall–Kier alpha value is -7.54. The van der Waals surface area contributed by atoms with Crippen LogP contribution in [0.2, 0.25) is 0 Å². The lowest BCUT2D eigenvalue weighted by Gasteiger charge is -2.20. The van der Waals surface area contributed by atoms with E-state index in [-0.39, 0.29) is 37.9 Å². The molecular weight excluding hydrogens is 865 g/mol. The van der Waals surface area contributed by atoms with Gasteiger partial charge in [-0.05, 0) is 93.7 Å². The van der Waals surface area contributed by atoms with Gasteiger partial charge in [0.2, 0.25) is 0 Å². The Morgan fingerprint density at radius 3 is 1.09 bits per heavy atom. The van der Waals surface area contributed by atoms with Gasteiger partial charge in [-0.25, -0.2) is 9.59 Å². The van der Waals surface area contributed by atoms with Crippen LogP contribution in [0.4, 0.5) is 0 Å². The zero-order valence-corrected chi connectivity index (χ0v) is 38.0. The van der Waals surface area contributed by atoms with Crippen molar-refractivity contribution in [2.45, 2.75) is 39.5 Å². The predicted octanol–water partition coefficient (Wildman–Crippen LogP) is 9.55. The Labute approximate surface area is 392 Å². The SMILES string of the molecule is Cc1cc(=O)oc2cc(OCCOCCOc3c4cccc3Cc3cccc(c3O)Cc3cccc(c3OCCOCCOc3ccc5c(C)cc(=O)oc5c3)Cc3cccc(c3O)C4)ccc12. The smallest absolute Gasteiger partial charge is 0.336 e. The van der Waals surface area contributed by atoms with Crippen LogP contribution in [0, 0.1) is 13.8 Å². The molecule has 0 saturated carbocycles. The summed E-state index contributed by atoms with van der Waals surface area (Å²) >= 11 is 0. The summed E-state index contributed by atoms with van der Waals surface area (Å²) in [6.45, 7) is 6.03. The molecule has 2 aromatic heterocycles. The van der Waals surface area contributed by atoms with Crippen LogP contribution in [-0.2, 0) is 35.2 Å². The monoisotopic (exact) mass is 916 g/mol. The highest BCUT2D eigenvalue weighted by Crippen LogP contribution is 2.38. The predicted molar refractivity (Wildman–Crippen MR) is 258 cm³/mol. The van der Waals surface area contributed by atoms with Gasteiger partial charge in [0.1, 0.15) is 72.1 Å². The van der Waals surface area contributed by atoms with Gasteiger partial charge >= 0.3 is 11.3 Å².